The molecule has 1 aliphatic carbocycles. The van der Waals surface area contributed by atoms with E-state index < -0.39 is 0 Å². The topological polar surface area (TPSA) is 53.7 Å². The van der Waals surface area contributed by atoms with Crippen LogP contribution in [0.4, 0.5) is 0 Å². The van der Waals surface area contributed by atoms with Gasteiger partial charge >= 0.3 is 0 Å². The van der Waals surface area contributed by atoms with Crippen LogP contribution >= 0.6 is 0 Å². The maximum Gasteiger partial charge on any atom is 0.168 e. The largest absolute Gasteiger partial charge is 0.492 e. The quantitative estimate of drug-likeness (QED) is 0.933. The third kappa shape index (κ3) is 1.86. The second kappa shape index (κ2) is 5.34. The molecule has 1 saturated carbocycles. The zero-order chi connectivity index (χ0) is 15.2. The third-order valence-electron chi connectivity index (χ3n) is 5.69. The Morgan fingerprint density at radius 2 is 1.68 bits per heavy atom. The molecule has 0 unspecified atom stereocenters. The first kappa shape index (κ1) is 14.2. The van der Waals surface area contributed by atoms with Crippen molar-refractivity contribution in [3.8, 4) is 17.2 Å². The predicted molar refractivity (Wildman–Crippen MR) is 85.2 cm³/mol. The lowest BCUT2D eigenvalue weighted by Crippen LogP contribution is -2.38. The summed E-state index contributed by atoms with van der Waals surface area (Å²) in [5.41, 5.74) is 10.2. The summed E-state index contributed by atoms with van der Waals surface area (Å²) in [6, 6.07) is 0. The van der Waals surface area contributed by atoms with Gasteiger partial charge in [-0.05, 0) is 12.8 Å². The molecule has 3 aliphatic rings. The number of hydrogen-bond acceptors (Lipinski definition) is 4. The summed E-state index contributed by atoms with van der Waals surface area (Å²) in [4.78, 5) is 0. The molecule has 1 aromatic carbocycles. The van der Waals surface area contributed by atoms with E-state index in [0.717, 1.165) is 56.1 Å². The Labute approximate surface area is 131 Å². The summed E-state index contributed by atoms with van der Waals surface area (Å²) in [5, 5.41) is 0. The van der Waals surface area contributed by atoms with Gasteiger partial charge in [-0.25, -0.2) is 0 Å². The van der Waals surface area contributed by atoms with Crippen LogP contribution in [0.15, 0.2) is 0 Å². The van der Waals surface area contributed by atoms with Crippen LogP contribution in [0.3, 0.4) is 0 Å². The molecule has 0 spiro atoms. The Morgan fingerprint density at radius 3 is 2.36 bits per heavy atom. The molecule has 0 aromatic heterocycles. The van der Waals surface area contributed by atoms with E-state index in [1.807, 2.05) is 0 Å². The number of methoxy groups -OCH3 is 1. The molecule has 2 aliphatic heterocycles. The summed E-state index contributed by atoms with van der Waals surface area (Å²) < 4.78 is 17.7. The van der Waals surface area contributed by atoms with Gasteiger partial charge in [0.05, 0.1) is 20.3 Å². The molecule has 4 nitrogen and oxygen atoms in total. The van der Waals surface area contributed by atoms with Gasteiger partial charge in [-0.2, -0.15) is 0 Å². The Bertz CT molecular complexity index is 555. The van der Waals surface area contributed by atoms with E-state index in [1.54, 1.807) is 7.11 Å². The summed E-state index contributed by atoms with van der Waals surface area (Å²) in [6.45, 7) is 2.17. The second-order valence-corrected chi connectivity index (χ2v) is 6.77. The fourth-order valence-electron chi connectivity index (χ4n) is 4.63. The van der Waals surface area contributed by atoms with E-state index in [9.17, 15) is 0 Å². The molecule has 4 rings (SSSR count). The molecule has 4 heteroatoms. The lowest BCUT2D eigenvalue weighted by Gasteiger charge is -2.39. The van der Waals surface area contributed by atoms with Crippen LogP contribution < -0.4 is 19.9 Å². The highest BCUT2D eigenvalue weighted by atomic mass is 16.5. The highest BCUT2D eigenvalue weighted by Crippen LogP contribution is 2.55. The SMILES string of the molecule is COc1c2c(c(C3(CN)CCCCC3)c3c1OCC3)OCC2. The van der Waals surface area contributed by atoms with Crippen LogP contribution in [0.25, 0.3) is 0 Å². The first-order chi connectivity index (χ1) is 10.8. The van der Waals surface area contributed by atoms with E-state index in [1.165, 1.54) is 36.0 Å². The van der Waals surface area contributed by atoms with Gasteiger partial charge in [0, 0.05) is 41.5 Å². The minimum atomic E-state index is 0.0662. The highest BCUT2D eigenvalue weighted by molar-refractivity contribution is 5.67. The molecule has 0 bridgehead atoms. The zero-order valence-corrected chi connectivity index (χ0v) is 13.4. The third-order valence-corrected chi connectivity index (χ3v) is 5.69. The van der Waals surface area contributed by atoms with Crippen LogP contribution in [0, 0.1) is 0 Å². The monoisotopic (exact) mass is 303 g/mol. The van der Waals surface area contributed by atoms with Crippen molar-refractivity contribution >= 4 is 0 Å². The van der Waals surface area contributed by atoms with Crippen molar-refractivity contribution in [2.24, 2.45) is 5.73 Å². The van der Waals surface area contributed by atoms with Crippen molar-refractivity contribution in [3.63, 3.8) is 0 Å². The average Bonchev–Trinajstić information content (AvgIpc) is 3.22. The van der Waals surface area contributed by atoms with Crippen molar-refractivity contribution < 1.29 is 14.2 Å². The molecule has 1 fully saturated rings. The lowest BCUT2D eigenvalue weighted by molar-refractivity contribution is 0.280. The Hall–Kier alpha value is -1.42. The number of nitrogens with two attached hydrogens (primary N) is 1. The fraction of sp³-hybridized carbons (Fsp3) is 0.667. The number of hydrogen-bond donors (Lipinski definition) is 1. The molecular formula is C18H25NO3. The molecular weight excluding hydrogens is 278 g/mol. The number of ether oxygens (including phenoxy) is 3. The van der Waals surface area contributed by atoms with E-state index in [4.69, 9.17) is 19.9 Å². The van der Waals surface area contributed by atoms with Crippen LogP contribution in [-0.2, 0) is 18.3 Å². The molecule has 0 saturated heterocycles. The molecule has 0 atom stereocenters. The van der Waals surface area contributed by atoms with Crippen LogP contribution in [0.2, 0.25) is 0 Å². The first-order valence-electron chi connectivity index (χ1n) is 8.52. The van der Waals surface area contributed by atoms with E-state index in [2.05, 4.69) is 0 Å². The van der Waals surface area contributed by atoms with Crippen LogP contribution in [-0.4, -0.2) is 26.9 Å². The molecule has 22 heavy (non-hydrogen) atoms. The summed E-state index contributed by atoms with van der Waals surface area (Å²) >= 11 is 0. The second-order valence-electron chi connectivity index (χ2n) is 6.77. The van der Waals surface area contributed by atoms with Gasteiger partial charge in [-0.15, -0.1) is 0 Å². The summed E-state index contributed by atoms with van der Waals surface area (Å²) in [7, 11) is 1.73. The molecule has 120 valence electrons. The summed E-state index contributed by atoms with van der Waals surface area (Å²) in [6.07, 6.45) is 8.01. The van der Waals surface area contributed by atoms with Gasteiger partial charge < -0.3 is 19.9 Å². The normalized spacial score (nSPS) is 21.7. The minimum absolute atomic E-state index is 0.0662. The highest BCUT2D eigenvalue weighted by Gasteiger charge is 2.42. The lowest BCUT2D eigenvalue weighted by atomic mass is 9.67. The number of benzene rings is 1. The maximum absolute atomic E-state index is 6.30. The smallest absolute Gasteiger partial charge is 0.168 e. The molecule has 2 heterocycles. The Morgan fingerprint density at radius 1 is 1.00 bits per heavy atom. The zero-order valence-electron chi connectivity index (χ0n) is 13.4. The maximum atomic E-state index is 6.30. The number of fused-ring (bicyclic) bond motifs is 2. The van der Waals surface area contributed by atoms with Gasteiger partial charge in [0.25, 0.3) is 0 Å². The van der Waals surface area contributed by atoms with Crippen molar-refractivity contribution in [1.82, 2.24) is 0 Å². The van der Waals surface area contributed by atoms with Crippen molar-refractivity contribution in [2.75, 3.05) is 26.9 Å². The molecule has 0 radical (unpaired) electrons. The molecule has 2 N–H and O–H groups in total. The van der Waals surface area contributed by atoms with Gasteiger partial charge in [-0.3, -0.25) is 0 Å². The van der Waals surface area contributed by atoms with Crippen molar-refractivity contribution in [2.45, 2.75) is 50.4 Å². The van der Waals surface area contributed by atoms with Crippen LogP contribution in [0.5, 0.6) is 17.2 Å². The van der Waals surface area contributed by atoms with Gasteiger partial charge in [-0.1, -0.05) is 19.3 Å². The Balaban J connectivity index is 1.96. The minimum Gasteiger partial charge on any atom is -0.492 e. The van der Waals surface area contributed by atoms with E-state index >= 15 is 0 Å². The number of rotatable bonds is 3. The van der Waals surface area contributed by atoms with E-state index in [0.29, 0.717) is 6.54 Å². The molecule has 1 aromatic rings. The van der Waals surface area contributed by atoms with Gasteiger partial charge in [0.2, 0.25) is 0 Å². The molecule has 0 amide bonds. The summed E-state index contributed by atoms with van der Waals surface area (Å²) in [5.74, 6) is 2.92. The van der Waals surface area contributed by atoms with Crippen LogP contribution in [0.1, 0.15) is 48.8 Å². The van der Waals surface area contributed by atoms with Crippen molar-refractivity contribution in [3.05, 3.63) is 16.7 Å². The van der Waals surface area contributed by atoms with E-state index in [-0.39, 0.29) is 5.41 Å². The predicted octanol–water partition coefficient (Wildman–Crippen LogP) is 2.73. The standard InChI is InChI=1S/C18H25NO3/c1-20-16-13-6-10-21-15(13)14(12-5-9-22-17(12)16)18(11-19)7-3-2-4-8-18/h2-11,19H2,1H3. The first-order valence-corrected chi connectivity index (χ1v) is 8.52. The Kier molecular flexibility index (Phi) is 3.44. The fourth-order valence-corrected chi connectivity index (χ4v) is 4.63. The van der Waals surface area contributed by atoms with Crippen molar-refractivity contribution in [1.29, 1.82) is 0 Å². The van der Waals surface area contributed by atoms with Gasteiger partial charge in [0.15, 0.2) is 11.5 Å². The van der Waals surface area contributed by atoms with Gasteiger partial charge in [0.1, 0.15) is 5.75 Å². The average molecular weight is 303 g/mol.